The van der Waals surface area contributed by atoms with Crippen LogP contribution in [0.2, 0.25) is 0 Å². The fourth-order valence-corrected chi connectivity index (χ4v) is 3.19. The van der Waals surface area contributed by atoms with Crippen LogP contribution >= 0.6 is 11.3 Å². The molecule has 0 spiro atoms. The minimum atomic E-state index is 0.861. The lowest BCUT2D eigenvalue weighted by Crippen LogP contribution is -2.28. The van der Waals surface area contributed by atoms with E-state index in [9.17, 15) is 0 Å². The number of piperidine rings is 1. The van der Waals surface area contributed by atoms with Gasteiger partial charge in [-0.05, 0) is 26.2 Å². The second kappa shape index (κ2) is 5.21. The van der Waals surface area contributed by atoms with Crippen molar-refractivity contribution in [1.29, 1.82) is 0 Å². The van der Waals surface area contributed by atoms with E-state index in [0.29, 0.717) is 0 Å². The van der Waals surface area contributed by atoms with Crippen molar-refractivity contribution in [2.75, 3.05) is 23.3 Å². The molecule has 0 unspecified atom stereocenters. The summed E-state index contributed by atoms with van der Waals surface area (Å²) in [6.07, 6.45) is 5.90. The molecule has 0 amide bonds. The molecule has 1 N–H and O–H groups in total. The van der Waals surface area contributed by atoms with Gasteiger partial charge in [0.15, 0.2) is 10.9 Å². The van der Waals surface area contributed by atoms with Crippen molar-refractivity contribution in [2.45, 2.75) is 26.2 Å². The molecule has 0 aromatic carbocycles. The Hall–Kier alpha value is -1.56. The van der Waals surface area contributed by atoms with Crippen LogP contribution in [0.1, 0.15) is 25.0 Å². The van der Waals surface area contributed by atoms with E-state index >= 15 is 0 Å². The second-order valence-corrected chi connectivity index (χ2v) is 5.98. The fraction of sp³-hybridized carbons (Fsp3) is 0.538. The van der Waals surface area contributed by atoms with Crippen LogP contribution in [0, 0.1) is 6.92 Å². The van der Waals surface area contributed by atoms with Crippen molar-refractivity contribution < 1.29 is 0 Å². The molecule has 2 aromatic heterocycles. The van der Waals surface area contributed by atoms with Gasteiger partial charge in [0, 0.05) is 31.9 Å². The van der Waals surface area contributed by atoms with Crippen LogP contribution < -0.4 is 10.2 Å². The van der Waals surface area contributed by atoms with Gasteiger partial charge in [-0.15, -0.1) is 0 Å². The van der Waals surface area contributed by atoms with Crippen molar-refractivity contribution in [3.05, 3.63) is 18.0 Å². The van der Waals surface area contributed by atoms with E-state index in [0.717, 1.165) is 29.7 Å². The van der Waals surface area contributed by atoms with Gasteiger partial charge < -0.3 is 10.2 Å². The van der Waals surface area contributed by atoms with Gasteiger partial charge >= 0.3 is 0 Å². The van der Waals surface area contributed by atoms with Gasteiger partial charge in [0.25, 0.3) is 0 Å². The maximum absolute atomic E-state index is 4.44. The van der Waals surface area contributed by atoms with Gasteiger partial charge in [-0.2, -0.15) is 5.10 Å². The van der Waals surface area contributed by atoms with E-state index in [-0.39, 0.29) is 0 Å². The van der Waals surface area contributed by atoms with Gasteiger partial charge in [0.2, 0.25) is 0 Å². The quantitative estimate of drug-likeness (QED) is 0.937. The Labute approximate surface area is 117 Å². The lowest BCUT2D eigenvalue weighted by atomic mass is 10.1. The topological polar surface area (TPSA) is 46.0 Å². The lowest BCUT2D eigenvalue weighted by Gasteiger charge is -2.26. The van der Waals surface area contributed by atoms with Crippen molar-refractivity contribution >= 4 is 27.3 Å². The van der Waals surface area contributed by atoms with E-state index in [2.05, 4.69) is 20.3 Å². The molecular formula is C13H19N5S. The Morgan fingerprint density at radius 1 is 1.26 bits per heavy atom. The SMILES string of the molecule is Cc1cc(Nc2ncc(N3CCCCC3)s2)nn1C. The molecule has 0 aliphatic carbocycles. The number of thiazole rings is 1. The fourth-order valence-electron chi connectivity index (χ4n) is 2.32. The third kappa shape index (κ3) is 2.73. The highest BCUT2D eigenvalue weighted by Crippen LogP contribution is 2.30. The highest BCUT2D eigenvalue weighted by atomic mass is 32.1. The summed E-state index contributed by atoms with van der Waals surface area (Å²) in [4.78, 5) is 6.87. The number of nitrogens with one attached hydrogen (secondary N) is 1. The molecule has 0 saturated carbocycles. The minimum Gasteiger partial charge on any atom is -0.362 e. The van der Waals surface area contributed by atoms with Crippen LogP contribution in [0.3, 0.4) is 0 Å². The maximum atomic E-state index is 4.44. The molecule has 6 heteroatoms. The molecule has 0 radical (unpaired) electrons. The van der Waals surface area contributed by atoms with E-state index in [1.807, 2.05) is 30.9 Å². The summed E-state index contributed by atoms with van der Waals surface area (Å²) in [6.45, 7) is 4.36. The second-order valence-electron chi connectivity index (χ2n) is 4.97. The molecule has 3 rings (SSSR count). The van der Waals surface area contributed by atoms with Crippen molar-refractivity contribution in [2.24, 2.45) is 7.05 Å². The zero-order valence-corrected chi connectivity index (χ0v) is 12.2. The molecule has 1 aliphatic heterocycles. The summed E-state index contributed by atoms with van der Waals surface area (Å²) in [5.41, 5.74) is 1.13. The van der Waals surface area contributed by atoms with E-state index in [4.69, 9.17) is 0 Å². The molecule has 19 heavy (non-hydrogen) atoms. The number of nitrogens with zero attached hydrogens (tertiary/aromatic N) is 4. The van der Waals surface area contributed by atoms with Crippen LogP contribution in [-0.4, -0.2) is 27.9 Å². The van der Waals surface area contributed by atoms with E-state index < -0.39 is 0 Å². The van der Waals surface area contributed by atoms with Crippen molar-refractivity contribution in [3.8, 4) is 0 Å². The van der Waals surface area contributed by atoms with E-state index in [1.54, 1.807) is 11.3 Å². The third-order valence-corrected chi connectivity index (χ3v) is 4.48. The number of hydrogen-bond donors (Lipinski definition) is 1. The molecule has 2 aromatic rings. The summed E-state index contributed by atoms with van der Waals surface area (Å²) in [7, 11) is 1.95. The molecule has 0 atom stereocenters. The predicted octanol–water partition coefficient (Wildman–Crippen LogP) is 2.92. The average molecular weight is 277 g/mol. The number of hydrogen-bond acceptors (Lipinski definition) is 5. The van der Waals surface area contributed by atoms with Gasteiger partial charge in [-0.25, -0.2) is 4.98 Å². The standard InChI is InChI=1S/C13H19N5S/c1-10-8-11(16-17(10)2)15-13-14-9-12(19-13)18-6-4-3-5-7-18/h8-9H,3-7H2,1-2H3,(H,14,15,16). The number of aryl methyl sites for hydroxylation is 2. The van der Waals surface area contributed by atoms with Crippen LogP contribution in [0.5, 0.6) is 0 Å². The van der Waals surface area contributed by atoms with Crippen molar-refractivity contribution in [3.63, 3.8) is 0 Å². The minimum absolute atomic E-state index is 0.861. The first kappa shape index (κ1) is 12.5. The zero-order valence-electron chi connectivity index (χ0n) is 11.4. The Morgan fingerprint density at radius 3 is 2.74 bits per heavy atom. The smallest absolute Gasteiger partial charge is 0.190 e. The maximum Gasteiger partial charge on any atom is 0.190 e. The highest BCUT2D eigenvalue weighted by Gasteiger charge is 2.14. The first-order valence-electron chi connectivity index (χ1n) is 6.71. The summed E-state index contributed by atoms with van der Waals surface area (Å²) < 4.78 is 1.86. The lowest BCUT2D eigenvalue weighted by molar-refractivity contribution is 0.580. The number of rotatable bonds is 3. The van der Waals surface area contributed by atoms with Gasteiger partial charge in [-0.1, -0.05) is 11.3 Å². The zero-order chi connectivity index (χ0) is 13.2. The molecule has 1 fully saturated rings. The number of aromatic nitrogens is 3. The molecule has 0 bridgehead atoms. The summed E-state index contributed by atoms with van der Waals surface area (Å²) in [5, 5.41) is 9.83. The largest absolute Gasteiger partial charge is 0.362 e. The van der Waals surface area contributed by atoms with Gasteiger partial charge in [0.1, 0.15) is 5.00 Å². The highest BCUT2D eigenvalue weighted by molar-refractivity contribution is 7.19. The Kier molecular flexibility index (Phi) is 3.42. The Balaban J connectivity index is 1.70. The van der Waals surface area contributed by atoms with Crippen LogP contribution in [0.15, 0.2) is 12.3 Å². The predicted molar refractivity (Wildman–Crippen MR) is 79.4 cm³/mol. The molecular weight excluding hydrogens is 258 g/mol. The molecule has 3 heterocycles. The number of anilines is 3. The molecule has 1 saturated heterocycles. The van der Waals surface area contributed by atoms with Crippen LogP contribution in [0.25, 0.3) is 0 Å². The van der Waals surface area contributed by atoms with Crippen LogP contribution in [0.4, 0.5) is 16.0 Å². The summed E-state index contributed by atoms with van der Waals surface area (Å²) >= 11 is 1.70. The van der Waals surface area contributed by atoms with Crippen molar-refractivity contribution in [1.82, 2.24) is 14.8 Å². The average Bonchev–Trinajstić information content (AvgIpc) is 2.99. The first-order valence-corrected chi connectivity index (χ1v) is 7.52. The van der Waals surface area contributed by atoms with Gasteiger partial charge in [-0.3, -0.25) is 4.68 Å². The van der Waals surface area contributed by atoms with Gasteiger partial charge in [0.05, 0.1) is 6.20 Å². The Bertz CT molecular complexity index is 534. The first-order chi connectivity index (χ1) is 9.22. The van der Waals surface area contributed by atoms with Crippen LogP contribution in [-0.2, 0) is 7.05 Å². The molecule has 102 valence electrons. The molecule has 5 nitrogen and oxygen atoms in total. The molecule has 1 aliphatic rings. The Morgan fingerprint density at radius 2 is 2.05 bits per heavy atom. The normalized spacial score (nSPS) is 15.8. The van der Waals surface area contributed by atoms with E-state index in [1.165, 1.54) is 24.3 Å². The third-order valence-electron chi connectivity index (χ3n) is 3.51. The summed E-state index contributed by atoms with van der Waals surface area (Å²) in [6, 6.07) is 2.03. The summed E-state index contributed by atoms with van der Waals surface area (Å²) in [5.74, 6) is 0.861. The monoisotopic (exact) mass is 277 g/mol.